The lowest BCUT2D eigenvalue weighted by atomic mass is 9.94. The summed E-state index contributed by atoms with van der Waals surface area (Å²) in [6.45, 7) is 8.17. The molecule has 0 radical (unpaired) electrons. The van der Waals surface area contributed by atoms with Gasteiger partial charge in [0.2, 0.25) is 0 Å². The van der Waals surface area contributed by atoms with Gasteiger partial charge in [-0.3, -0.25) is 4.90 Å². The predicted molar refractivity (Wildman–Crippen MR) is 72.1 cm³/mol. The van der Waals surface area contributed by atoms with Crippen LogP contribution in [0, 0.1) is 0 Å². The molecule has 1 aliphatic rings. The number of rotatable bonds is 6. The van der Waals surface area contributed by atoms with E-state index >= 15 is 0 Å². The third-order valence-corrected chi connectivity index (χ3v) is 2.98. The fraction of sp³-hybridized carbons (Fsp3) is 0.571. The van der Waals surface area contributed by atoms with E-state index in [4.69, 9.17) is 15.2 Å². The Morgan fingerprint density at radius 3 is 2.39 bits per heavy atom. The highest BCUT2D eigenvalue weighted by Crippen LogP contribution is 2.26. The molecule has 4 nitrogen and oxygen atoms in total. The molecular formula is C14H22N2O2. The van der Waals surface area contributed by atoms with Gasteiger partial charge in [0.15, 0.2) is 11.5 Å². The molecule has 100 valence electrons. The van der Waals surface area contributed by atoms with Crippen molar-refractivity contribution in [3.8, 4) is 11.5 Å². The number of benzene rings is 1. The van der Waals surface area contributed by atoms with Crippen molar-refractivity contribution in [1.82, 2.24) is 4.90 Å². The lowest BCUT2D eigenvalue weighted by Gasteiger charge is -2.45. The van der Waals surface area contributed by atoms with E-state index in [0.29, 0.717) is 13.2 Å². The number of likely N-dealkylation sites (tertiary alicyclic amines) is 1. The van der Waals surface area contributed by atoms with Crippen molar-refractivity contribution in [2.24, 2.45) is 5.73 Å². The lowest BCUT2D eigenvalue weighted by Crippen LogP contribution is -2.65. The van der Waals surface area contributed by atoms with Crippen LogP contribution in [0.25, 0.3) is 0 Å². The summed E-state index contributed by atoms with van der Waals surface area (Å²) in [5, 5.41) is 0. The molecule has 2 N–H and O–H groups in total. The van der Waals surface area contributed by atoms with Gasteiger partial charge in [-0.05, 0) is 26.0 Å². The van der Waals surface area contributed by atoms with E-state index in [1.165, 1.54) is 0 Å². The van der Waals surface area contributed by atoms with E-state index in [0.717, 1.165) is 31.1 Å². The van der Waals surface area contributed by atoms with Gasteiger partial charge in [0.05, 0.1) is 6.61 Å². The summed E-state index contributed by atoms with van der Waals surface area (Å²) in [5.41, 5.74) is 5.95. The van der Waals surface area contributed by atoms with Crippen molar-refractivity contribution < 1.29 is 9.47 Å². The molecule has 0 aromatic heterocycles. The maximum atomic E-state index is 5.96. The fourth-order valence-electron chi connectivity index (χ4n) is 2.26. The average molecular weight is 250 g/mol. The molecule has 0 saturated carbocycles. The Bertz CT molecular complexity index is 385. The number of ether oxygens (including phenoxy) is 2. The summed E-state index contributed by atoms with van der Waals surface area (Å²) in [6.07, 6.45) is 0. The summed E-state index contributed by atoms with van der Waals surface area (Å²) in [7, 11) is 0. The average Bonchev–Trinajstić information content (AvgIpc) is 2.29. The zero-order chi connectivity index (χ0) is 13.0. The van der Waals surface area contributed by atoms with Crippen LogP contribution in [0.15, 0.2) is 24.3 Å². The Balaban J connectivity index is 1.76. The molecule has 0 atom stereocenters. The van der Waals surface area contributed by atoms with Crippen LogP contribution >= 0.6 is 0 Å². The minimum atomic E-state index is -0.0107. The number of hydrogen-bond donors (Lipinski definition) is 1. The summed E-state index contributed by atoms with van der Waals surface area (Å²) in [6, 6.07) is 7.78. The van der Waals surface area contributed by atoms with Gasteiger partial charge in [-0.15, -0.1) is 0 Å². The van der Waals surface area contributed by atoms with Gasteiger partial charge in [-0.25, -0.2) is 0 Å². The zero-order valence-corrected chi connectivity index (χ0v) is 11.2. The second-order valence-corrected chi connectivity index (χ2v) is 5.09. The summed E-state index contributed by atoms with van der Waals surface area (Å²) >= 11 is 0. The second kappa shape index (κ2) is 5.59. The second-order valence-electron chi connectivity index (χ2n) is 5.09. The van der Waals surface area contributed by atoms with Crippen molar-refractivity contribution in [2.45, 2.75) is 19.4 Å². The van der Waals surface area contributed by atoms with Crippen LogP contribution in [0.5, 0.6) is 11.5 Å². The zero-order valence-electron chi connectivity index (χ0n) is 11.2. The van der Waals surface area contributed by atoms with Gasteiger partial charge in [0.1, 0.15) is 6.61 Å². The maximum Gasteiger partial charge on any atom is 0.161 e. The Morgan fingerprint density at radius 2 is 1.83 bits per heavy atom. The van der Waals surface area contributed by atoms with E-state index in [1.54, 1.807) is 0 Å². The first kappa shape index (κ1) is 13.2. The SMILES string of the molecule is CCOc1ccccc1OCCN1CC(C)(N)C1. The minimum absolute atomic E-state index is 0.0107. The first-order valence-electron chi connectivity index (χ1n) is 6.46. The molecule has 4 heteroatoms. The first-order chi connectivity index (χ1) is 8.61. The molecule has 1 fully saturated rings. The molecule has 1 aromatic carbocycles. The number of hydrogen-bond acceptors (Lipinski definition) is 4. The molecule has 1 aliphatic heterocycles. The molecule has 0 unspecified atom stereocenters. The van der Waals surface area contributed by atoms with Crippen LogP contribution < -0.4 is 15.2 Å². The Labute approximate surface area is 109 Å². The van der Waals surface area contributed by atoms with Crippen molar-refractivity contribution in [2.75, 3.05) is 32.8 Å². The van der Waals surface area contributed by atoms with E-state index in [2.05, 4.69) is 11.8 Å². The molecular weight excluding hydrogens is 228 g/mol. The molecule has 0 amide bonds. The molecule has 0 bridgehead atoms. The number of nitrogens with two attached hydrogens (primary N) is 1. The topological polar surface area (TPSA) is 47.7 Å². The van der Waals surface area contributed by atoms with Gasteiger partial charge in [0.25, 0.3) is 0 Å². The van der Waals surface area contributed by atoms with Crippen LogP contribution in [-0.2, 0) is 0 Å². The van der Waals surface area contributed by atoms with E-state index in [-0.39, 0.29) is 5.54 Å². The Hall–Kier alpha value is -1.26. The van der Waals surface area contributed by atoms with Crippen molar-refractivity contribution >= 4 is 0 Å². The number of nitrogens with zero attached hydrogens (tertiary/aromatic N) is 1. The van der Waals surface area contributed by atoms with Gasteiger partial charge in [-0.2, -0.15) is 0 Å². The van der Waals surface area contributed by atoms with Gasteiger partial charge < -0.3 is 15.2 Å². The largest absolute Gasteiger partial charge is 0.490 e. The molecule has 0 aliphatic carbocycles. The third-order valence-electron chi connectivity index (χ3n) is 2.98. The maximum absolute atomic E-state index is 5.96. The first-order valence-corrected chi connectivity index (χ1v) is 6.46. The van der Waals surface area contributed by atoms with E-state index in [9.17, 15) is 0 Å². The van der Waals surface area contributed by atoms with Gasteiger partial charge >= 0.3 is 0 Å². The number of para-hydroxylation sites is 2. The molecule has 1 aromatic rings. The van der Waals surface area contributed by atoms with Crippen molar-refractivity contribution in [3.05, 3.63) is 24.3 Å². The highest BCUT2D eigenvalue weighted by atomic mass is 16.5. The summed E-state index contributed by atoms with van der Waals surface area (Å²) in [5.74, 6) is 1.63. The molecule has 1 heterocycles. The smallest absolute Gasteiger partial charge is 0.161 e. The van der Waals surface area contributed by atoms with Crippen LogP contribution in [0.1, 0.15) is 13.8 Å². The highest BCUT2D eigenvalue weighted by molar-refractivity contribution is 5.39. The van der Waals surface area contributed by atoms with Crippen LogP contribution in [0.2, 0.25) is 0 Å². The van der Waals surface area contributed by atoms with Crippen LogP contribution in [0.4, 0.5) is 0 Å². The molecule has 2 rings (SSSR count). The van der Waals surface area contributed by atoms with E-state index < -0.39 is 0 Å². The fourth-order valence-corrected chi connectivity index (χ4v) is 2.26. The molecule has 1 saturated heterocycles. The summed E-state index contributed by atoms with van der Waals surface area (Å²) < 4.78 is 11.3. The molecule has 0 spiro atoms. The van der Waals surface area contributed by atoms with Crippen molar-refractivity contribution in [1.29, 1.82) is 0 Å². The third kappa shape index (κ3) is 3.37. The Morgan fingerprint density at radius 1 is 1.22 bits per heavy atom. The standard InChI is InChI=1S/C14H22N2O2/c1-3-17-12-6-4-5-7-13(12)18-9-8-16-10-14(2,15)11-16/h4-7H,3,8-11,15H2,1-2H3. The monoisotopic (exact) mass is 250 g/mol. The van der Waals surface area contributed by atoms with E-state index in [1.807, 2.05) is 31.2 Å². The van der Waals surface area contributed by atoms with Gasteiger partial charge in [-0.1, -0.05) is 12.1 Å². The quantitative estimate of drug-likeness (QED) is 0.831. The Kier molecular flexibility index (Phi) is 4.09. The highest BCUT2D eigenvalue weighted by Gasteiger charge is 2.34. The minimum Gasteiger partial charge on any atom is -0.490 e. The predicted octanol–water partition coefficient (Wildman–Crippen LogP) is 1.50. The van der Waals surface area contributed by atoms with Crippen molar-refractivity contribution in [3.63, 3.8) is 0 Å². The normalized spacial score (nSPS) is 18.2. The van der Waals surface area contributed by atoms with Gasteiger partial charge in [0, 0.05) is 25.2 Å². The lowest BCUT2D eigenvalue weighted by molar-refractivity contribution is 0.0683. The molecule has 18 heavy (non-hydrogen) atoms. The van der Waals surface area contributed by atoms with Crippen LogP contribution in [-0.4, -0.2) is 43.3 Å². The summed E-state index contributed by atoms with van der Waals surface area (Å²) in [4.78, 5) is 2.29. The van der Waals surface area contributed by atoms with Crippen LogP contribution in [0.3, 0.4) is 0 Å².